The van der Waals surface area contributed by atoms with Crippen LogP contribution >= 0.6 is 0 Å². The zero-order valence-corrected chi connectivity index (χ0v) is 11.6. The van der Waals surface area contributed by atoms with Crippen molar-refractivity contribution in [2.24, 2.45) is 0 Å². The summed E-state index contributed by atoms with van der Waals surface area (Å²) in [7, 11) is 0. The first-order valence-electron chi connectivity index (χ1n) is 6.90. The summed E-state index contributed by atoms with van der Waals surface area (Å²) < 4.78 is 0. The molecule has 2 heterocycles. The summed E-state index contributed by atoms with van der Waals surface area (Å²) in [6, 6.07) is 8.40. The van der Waals surface area contributed by atoms with E-state index in [-0.39, 0.29) is 0 Å². The van der Waals surface area contributed by atoms with E-state index in [9.17, 15) is 0 Å². The van der Waals surface area contributed by atoms with Crippen molar-refractivity contribution in [2.75, 3.05) is 13.1 Å². The van der Waals surface area contributed by atoms with Crippen LogP contribution in [0.3, 0.4) is 0 Å². The lowest BCUT2D eigenvalue weighted by molar-refractivity contribution is 0.263. The molecule has 0 aliphatic carbocycles. The minimum atomic E-state index is 0.844. The molecule has 0 saturated carbocycles. The summed E-state index contributed by atoms with van der Waals surface area (Å²) in [6.45, 7) is 7.46. The first kappa shape index (κ1) is 12.3. The lowest BCUT2D eigenvalue weighted by Crippen LogP contribution is -2.31. The highest BCUT2D eigenvalue weighted by Gasteiger charge is 2.17. The van der Waals surface area contributed by atoms with Crippen LogP contribution in [0.1, 0.15) is 23.7 Å². The van der Waals surface area contributed by atoms with Crippen molar-refractivity contribution in [2.45, 2.75) is 26.8 Å². The molecule has 3 nitrogen and oxygen atoms in total. The van der Waals surface area contributed by atoms with Crippen LogP contribution in [-0.4, -0.2) is 28.0 Å². The van der Waals surface area contributed by atoms with Crippen LogP contribution in [0.2, 0.25) is 0 Å². The number of hydrogen-bond acceptors (Lipinski definition) is 3. The molecule has 3 heteroatoms. The second-order valence-electron chi connectivity index (χ2n) is 5.15. The molecule has 0 saturated heterocycles. The number of benzene rings is 1. The number of aromatic nitrogens is 2. The monoisotopic (exact) mass is 253 g/mol. The first-order chi connectivity index (χ1) is 9.26. The summed E-state index contributed by atoms with van der Waals surface area (Å²) in [6.07, 6.45) is 3.07. The number of aryl methyl sites for hydroxylation is 1. The Kier molecular flexibility index (Phi) is 3.30. The van der Waals surface area contributed by atoms with E-state index in [2.05, 4.69) is 48.0 Å². The van der Waals surface area contributed by atoms with Crippen molar-refractivity contribution >= 4 is 0 Å². The third-order valence-electron chi connectivity index (χ3n) is 3.78. The molecule has 0 spiro atoms. The lowest BCUT2D eigenvalue weighted by Gasteiger charge is -2.26. The van der Waals surface area contributed by atoms with Crippen LogP contribution in [0, 0.1) is 6.92 Å². The zero-order chi connectivity index (χ0) is 13.2. The highest BCUT2D eigenvalue weighted by Crippen LogP contribution is 2.21. The van der Waals surface area contributed by atoms with E-state index >= 15 is 0 Å². The molecule has 1 aliphatic heterocycles. The molecule has 0 unspecified atom stereocenters. The lowest BCUT2D eigenvalue weighted by atomic mass is 10.1. The Morgan fingerprint density at radius 2 is 2.00 bits per heavy atom. The fourth-order valence-corrected chi connectivity index (χ4v) is 2.47. The Morgan fingerprint density at radius 3 is 2.74 bits per heavy atom. The molecule has 0 fully saturated rings. The smallest absolute Gasteiger partial charge is 0.159 e. The normalized spacial score (nSPS) is 15.3. The van der Waals surface area contributed by atoms with E-state index in [0.29, 0.717) is 0 Å². The molecule has 0 N–H and O–H groups in total. The van der Waals surface area contributed by atoms with E-state index in [1.165, 1.54) is 16.8 Å². The Morgan fingerprint density at radius 1 is 1.21 bits per heavy atom. The van der Waals surface area contributed by atoms with E-state index in [1.54, 1.807) is 0 Å². The van der Waals surface area contributed by atoms with Crippen molar-refractivity contribution < 1.29 is 0 Å². The van der Waals surface area contributed by atoms with E-state index in [1.807, 2.05) is 6.20 Å². The second-order valence-corrected chi connectivity index (χ2v) is 5.15. The van der Waals surface area contributed by atoms with Crippen molar-refractivity contribution in [1.82, 2.24) is 14.9 Å². The fourth-order valence-electron chi connectivity index (χ4n) is 2.47. The zero-order valence-electron chi connectivity index (χ0n) is 11.6. The van der Waals surface area contributed by atoms with Gasteiger partial charge >= 0.3 is 0 Å². The Labute approximate surface area is 114 Å². The number of hydrogen-bond donors (Lipinski definition) is 0. The van der Waals surface area contributed by atoms with Crippen molar-refractivity contribution in [3.05, 3.63) is 47.3 Å². The molecule has 0 amide bonds. The third kappa shape index (κ3) is 2.51. The molecule has 98 valence electrons. The quantitative estimate of drug-likeness (QED) is 0.824. The Balaban J connectivity index is 1.94. The molecule has 1 aliphatic rings. The maximum absolute atomic E-state index is 4.76. The van der Waals surface area contributed by atoms with Gasteiger partial charge in [-0.3, -0.25) is 4.90 Å². The summed E-state index contributed by atoms with van der Waals surface area (Å²) >= 11 is 0. The van der Waals surface area contributed by atoms with Gasteiger partial charge in [0.2, 0.25) is 0 Å². The predicted octanol–water partition coefficient (Wildman–Crippen LogP) is 2.83. The van der Waals surface area contributed by atoms with E-state index < -0.39 is 0 Å². The van der Waals surface area contributed by atoms with Crippen molar-refractivity contribution in [3.8, 4) is 11.4 Å². The third-order valence-corrected chi connectivity index (χ3v) is 3.78. The van der Waals surface area contributed by atoms with Crippen LogP contribution in [-0.2, 0) is 13.0 Å². The maximum Gasteiger partial charge on any atom is 0.159 e. The number of fused-ring (bicyclic) bond motifs is 1. The van der Waals surface area contributed by atoms with Gasteiger partial charge < -0.3 is 0 Å². The number of nitrogens with zero attached hydrogens (tertiary/aromatic N) is 3. The van der Waals surface area contributed by atoms with Gasteiger partial charge in [-0.2, -0.15) is 0 Å². The molecule has 0 atom stereocenters. The molecule has 0 radical (unpaired) electrons. The van der Waals surface area contributed by atoms with E-state index in [0.717, 1.165) is 37.4 Å². The molecule has 2 aromatic rings. The van der Waals surface area contributed by atoms with Gasteiger partial charge in [0, 0.05) is 24.8 Å². The topological polar surface area (TPSA) is 29.0 Å². The fraction of sp³-hybridized carbons (Fsp3) is 0.375. The van der Waals surface area contributed by atoms with Gasteiger partial charge in [0.1, 0.15) is 0 Å². The number of likely N-dealkylation sites (N-methyl/N-ethyl adjacent to an activating group) is 1. The van der Waals surface area contributed by atoms with Gasteiger partial charge in [-0.25, -0.2) is 9.97 Å². The molecule has 3 rings (SSSR count). The van der Waals surface area contributed by atoms with E-state index in [4.69, 9.17) is 4.98 Å². The van der Waals surface area contributed by atoms with Gasteiger partial charge in [0.15, 0.2) is 5.82 Å². The molecule has 0 bridgehead atoms. The van der Waals surface area contributed by atoms with Crippen LogP contribution < -0.4 is 0 Å². The molecule has 1 aromatic heterocycles. The standard InChI is InChI=1S/C16H19N3/c1-3-19-9-8-14-10-17-16(18-15(14)11-19)13-6-4-12(2)5-7-13/h4-7,10H,3,8-9,11H2,1-2H3. The summed E-state index contributed by atoms with van der Waals surface area (Å²) in [4.78, 5) is 11.7. The van der Waals surface area contributed by atoms with Gasteiger partial charge in [0.05, 0.1) is 5.69 Å². The molecule has 19 heavy (non-hydrogen) atoms. The minimum Gasteiger partial charge on any atom is -0.297 e. The summed E-state index contributed by atoms with van der Waals surface area (Å²) in [5, 5.41) is 0. The average Bonchev–Trinajstić information content (AvgIpc) is 2.47. The summed E-state index contributed by atoms with van der Waals surface area (Å²) in [5.41, 5.74) is 4.86. The maximum atomic E-state index is 4.76. The Hall–Kier alpha value is -1.74. The van der Waals surface area contributed by atoms with Crippen LogP contribution in [0.25, 0.3) is 11.4 Å². The minimum absolute atomic E-state index is 0.844. The predicted molar refractivity (Wildman–Crippen MR) is 76.9 cm³/mol. The van der Waals surface area contributed by atoms with Crippen molar-refractivity contribution in [3.63, 3.8) is 0 Å². The van der Waals surface area contributed by atoms with Crippen LogP contribution in [0.4, 0.5) is 0 Å². The van der Waals surface area contributed by atoms with Crippen molar-refractivity contribution in [1.29, 1.82) is 0 Å². The SMILES string of the molecule is CCN1CCc2cnc(-c3ccc(C)cc3)nc2C1. The summed E-state index contributed by atoms with van der Waals surface area (Å²) in [5.74, 6) is 0.844. The Bertz CT molecular complexity index is 575. The van der Waals surface area contributed by atoms with Gasteiger partial charge in [-0.1, -0.05) is 36.8 Å². The van der Waals surface area contributed by atoms with Gasteiger partial charge in [-0.05, 0) is 25.5 Å². The first-order valence-corrected chi connectivity index (χ1v) is 6.90. The van der Waals surface area contributed by atoms with Crippen LogP contribution in [0.5, 0.6) is 0 Å². The largest absolute Gasteiger partial charge is 0.297 e. The molecule has 1 aromatic carbocycles. The van der Waals surface area contributed by atoms with Crippen LogP contribution in [0.15, 0.2) is 30.5 Å². The highest BCUT2D eigenvalue weighted by atomic mass is 15.1. The highest BCUT2D eigenvalue weighted by molar-refractivity contribution is 5.55. The van der Waals surface area contributed by atoms with Gasteiger partial charge in [0.25, 0.3) is 0 Å². The van der Waals surface area contributed by atoms with Gasteiger partial charge in [-0.15, -0.1) is 0 Å². The molecular weight excluding hydrogens is 234 g/mol. The number of rotatable bonds is 2. The second kappa shape index (κ2) is 5.10. The molecular formula is C16H19N3. The average molecular weight is 253 g/mol.